The lowest BCUT2D eigenvalue weighted by Crippen LogP contribution is -2.18. The van der Waals surface area contributed by atoms with Gasteiger partial charge in [-0.05, 0) is 31.2 Å². The predicted molar refractivity (Wildman–Crippen MR) is 70.3 cm³/mol. The molecule has 17 heavy (non-hydrogen) atoms. The topological polar surface area (TPSA) is 29.0 Å². The van der Waals surface area contributed by atoms with Gasteiger partial charge >= 0.3 is 0 Å². The van der Waals surface area contributed by atoms with Gasteiger partial charge in [0.05, 0.1) is 12.2 Å². The van der Waals surface area contributed by atoms with Crippen molar-refractivity contribution in [1.82, 2.24) is 9.97 Å². The summed E-state index contributed by atoms with van der Waals surface area (Å²) in [5.74, 6) is 0.848. The molecule has 0 saturated heterocycles. The van der Waals surface area contributed by atoms with Crippen LogP contribution in [0, 0.1) is 6.92 Å². The molecule has 88 valence electrons. The van der Waals surface area contributed by atoms with Crippen LogP contribution < -0.4 is 4.90 Å². The lowest BCUT2D eigenvalue weighted by molar-refractivity contribution is 0.859. The molecule has 2 rings (SSSR count). The second-order valence-electron chi connectivity index (χ2n) is 3.94. The molecule has 2 aromatic heterocycles. The lowest BCUT2D eigenvalue weighted by atomic mass is 10.3. The highest BCUT2D eigenvalue weighted by molar-refractivity contribution is 6.29. The summed E-state index contributed by atoms with van der Waals surface area (Å²) in [4.78, 5) is 10.7. The molecule has 0 amide bonds. The number of aromatic nitrogens is 2. The molecule has 0 aliphatic heterocycles. The highest BCUT2D eigenvalue weighted by Crippen LogP contribution is 2.14. The maximum absolute atomic E-state index is 5.86. The minimum Gasteiger partial charge on any atom is -0.354 e. The number of nitrogens with zero attached hydrogens (tertiary/aromatic N) is 3. The molecule has 2 heterocycles. The minimum absolute atomic E-state index is 0.506. The van der Waals surface area contributed by atoms with E-state index in [2.05, 4.69) is 9.97 Å². The van der Waals surface area contributed by atoms with E-state index in [1.165, 1.54) is 0 Å². The fourth-order valence-corrected chi connectivity index (χ4v) is 1.78. The van der Waals surface area contributed by atoms with Gasteiger partial charge in [-0.3, -0.25) is 4.98 Å². The van der Waals surface area contributed by atoms with Gasteiger partial charge in [0.2, 0.25) is 0 Å². The zero-order valence-corrected chi connectivity index (χ0v) is 10.6. The number of pyridine rings is 2. The zero-order valence-electron chi connectivity index (χ0n) is 9.89. The molecule has 0 fully saturated rings. The van der Waals surface area contributed by atoms with Gasteiger partial charge in [-0.2, -0.15) is 0 Å². The fraction of sp³-hybridized carbons (Fsp3) is 0.231. The summed E-state index contributed by atoms with van der Waals surface area (Å²) < 4.78 is 0. The van der Waals surface area contributed by atoms with Crippen LogP contribution in [-0.2, 0) is 6.54 Å². The van der Waals surface area contributed by atoms with Gasteiger partial charge in [0, 0.05) is 12.7 Å². The summed E-state index contributed by atoms with van der Waals surface area (Å²) in [6, 6.07) is 11.6. The van der Waals surface area contributed by atoms with Crippen LogP contribution in [0.3, 0.4) is 0 Å². The van der Waals surface area contributed by atoms with Crippen molar-refractivity contribution < 1.29 is 0 Å². The second-order valence-corrected chi connectivity index (χ2v) is 4.33. The molecule has 0 unspecified atom stereocenters. The molecule has 0 spiro atoms. The molecule has 0 radical (unpaired) electrons. The fourth-order valence-electron chi connectivity index (χ4n) is 1.62. The Hall–Kier alpha value is -1.61. The smallest absolute Gasteiger partial charge is 0.131 e. The second kappa shape index (κ2) is 5.15. The molecule has 2 aromatic rings. The number of rotatable bonds is 3. The Morgan fingerprint density at radius 1 is 1.12 bits per heavy atom. The molecule has 0 N–H and O–H groups in total. The van der Waals surface area contributed by atoms with Gasteiger partial charge in [-0.15, -0.1) is 0 Å². The third-order valence-electron chi connectivity index (χ3n) is 2.44. The Balaban J connectivity index is 2.14. The first-order valence-electron chi connectivity index (χ1n) is 5.41. The maximum Gasteiger partial charge on any atom is 0.131 e. The van der Waals surface area contributed by atoms with E-state index in [-0.39, 0.29) is 0 Å². The largest absolute Gasteiger partial charge is 0.354 e. The first-order chi connectivity index (χ1) is 8.15. The Labute approximate surface area is 106 Å². The molecule has 0 aliphatic carbocycles. The molecule has 0 aromatic carbocycles. The summed E-state index contributed by atoms with van der Waals surface area (Å²) in [5, 5.41) is 0.506. The van der Waals surface area contributed by atoms with Crippen molar-refractivity contribution in [3.05, 3.63) is 52.9 Å². The number of hydrogen-bond acceptors (Lipinski definition) is 3. The molecular weight excluding hydrogens is 234 g/mol. The number of halogens is 1. The Bertz CT molecular complexity index is 514. The van der Waals surface area contributed by atoms with E-state index in [0.717, 1.165) is 23.8 Å². The molecule has 0 saturated carbocycles. The molecule has 0 bridgehead atoms. The van der Waals surface area contributed by atoms with Crippen molar-refractivity contribution in [3.63, 3.8) is 0 Å². The monoisotopic (exact) mass is 247 g/mol. The van der Waals surface area contributed by atoms with Gasteiger partial charge in [-0.1, -0.05) is 23.7 Å². The molecule has 0 atom stereocenters. The average Bonchev–Trinajstić information content (AvgIpc) is 2.29. The SMILES string of the molecule is Cc1cccc(CN(C)c2cccc(Cl)n2)n1. The maximum atomic E-state index is 5.86. The first-order valence-corrected chi connectivity index (χ1v) is 5.79. The van der Waals surface area contributed by atoms with Crippen LogP contribution in [0.15, 0.2) is 36.4 Å². The standard InChI is InChI=1S/C13H14ClN3/c1-10-5-3-6-11(15-10)9-17(2)13-8-4-7-12(14)16-13/h3-8H,9H2,1-2H3. The number of hydrogen-bond donors (Lipinski definition) is 0. The third-order valence-corrected chi connectivity index (χ3v) is 2.65. The first kappa shape index (κ1) is 11.9. The Kier molecular flexibility index (Phi) is 3.59. The van der Waals surface area contributed by atoms with Gasteiger partial charge in [0.15, 0.2) is 0 Å². The highest BCUT2D eigenvalue weighted by atomic mass is 35.5. The Morgan fingerprint density at radius 2 is 1.88 bits per heavy atom. The Morgan fingerprint density at radius 3 is 2.59 bits per heavy atom. The van der Waals surface area contributed by atoms with Gasteiger partial charge in [-0.25, -0.2) is 4.98 Å². The number of anilines is 1. The number of aryl methyl sites for hydroxylation is 1. The summed E-state index contributed by atoms with van der Waals surface area (Å²) in [6.07, 6.45) is 0. The van der Waals surface area contributed by atoms with Gasteiger partial charge in [0.1, 0.15) is 11.0 Å². The molecule has 3 nitrogen and oxygen atoms in total. The average molecular weight is 248 g/mol. The summed E-state index contributed by atoms with van der Waals surface area (Å²) in [6.45, 7) is 2.70. The summed E-state index contributed by atoms with van der Waals surface area (Å²) in [7, 11) is 1.97. The minimum atomic E-state index is 0.506. The van der Waals surface area contributed by atoms with E-state index >= 15 is 0 Å². The van der Waals surface area contributed by atoms with Crippen LogP contribution >= 0.6 is 11.6 Å². The molecule has 0 aliphatic rings. The lowest BCUT2D eigenvalue weighted by Gasteiger charge is -2.17. The van der Waals surface area contributed by atoms with Crippen LogP contribution in [0.25, 0.3) is 0 Å². The molecular formula is C13H14ClN3. The van der Waals surface area contributed by atoms with Crippen molar-refractivity contribution >= 4 is 17.4 Å². The van der Waals surface area contributed by atoms with Crippen LogP contribution in [0.1, 0.15) is 11.4 Å². The van der Waals surface area contributed by atoms with E-state index < -0.39 is 0 Å². The zero-order chi connectivity index (χ0) is 12.3. The summed E-state index contributed by atoms with van der Waals surface area (Å²) in [5.41, 5.74) is 2.05. The normalized spacial score (nSPS) is 10.3. The molecule has 4 heteroatoms. The quantitative estimate of drug-likeness (QED) is 0.781. The van der Waals surface area contributed by atoms with E-state index in [1.807, 2.05) is 49.2 Å². The van der Waals surface area contributed by atoms with Crippen molar-refractivity contribution in [3.8, 4) is 0 Å². The van der Waals surface area contributed by atoms with Crippen molar-refractivity contribution in [2.45, 2.75) is 13.5 Å². The predicted octanol–water partition coefficient (Wildman–Crippen LogP) is 3.07. The van der Waals surface area contributed by atoms with E-state index in [1.54, 1.807) is 6.07 Å². The van der Waals surface area contributed by atoms with E-state index in [4.69, 9.17) is 11.6 Å². The highest BCUT2D eigenvalue weighted by Gasteiger charge is 2.04. The van der Waals surface area contributed by atoms with Crippen LogP contribution in [0.4, 0.5) is 5.82 Å². The van der Waals surface area contributed by atoms with Crippen LogP contribution in [-0.4, -0.2) is 17.0 Å². The van der Waals surface area contributed by atoms with Gasteiger partial charge < -0.3 is 4.90 Å². The van der Waals surface area contributed by atoms with E-state index in [9.17, 15) is 0 Å². The van der Waals surface area contributed by atoms with Gasteiger partial charge in [0.25, 0.3) is 0 Å². The van der Waals surface area contributed by atoms with Crippen molar-refractivity contribution in [2.24, 2.45) is 0 Å². The van der Waals surface area contributed by atoms with Crippen LogP contribution in [0.2, 0.25) is 5.15 Å². The third kappa shape index (κ3) is 3.17. The summed E-state index contributed by atoms with van der Waals surface area (Å²) >= 11 is 5.86. The van der Waals surface area contributed by atoms with E-state index in [0.29, 0.717) is 5.15 Å². The van der Waals surface area contributed by atoms with Crippen molar-refractivity contribution in [2.75, 3.05) is 11.9 Å². The van der Waals surface area contributed by atoms with Crippen molar-refractivity contribution in [1.29, 1.82) is 0 Å². The van der Waals surface area contributed by atoms with Crippen LogP contribution in [0.5, 0.6) is 0 Å².